The molecule has 0 saturated heterocycles. The quantitative estimate of drug-likeness (QED) is 0.624. The Morgan fingerprint density at radius 3 is 2.58 bits per heavy atom. The predicted octanol–water partition coefficient (Wildman–Crippen LogP) is 4.57. The van der Waals surface area contributed by atoms with Crippen molar-refractivity contribution in [3.05, 3.63) is 48.0 Å². The molecule has 4 rings (SSSR count). The molecule has 2 heteroatoms. The van der Waals surface area contributed by atoms with Gasteiger partial charge in [-0.25, -0.2) is 0 Å². The minimum absolute atomic E-state index is 0.238. The Morgan fingerprint density at radius 2 is 1.79 bits per heavy atom. The maximum absolute atomic E-state index is 12.2. The summed E-state index contributed by atoms with van der Waals surface area (Å²) in [7, 11) is 0. The van der Waals surface area contributed by atoms with Crippen LogP contribution in [0.3, 0.4) is 0 Å². The summed E-state index contributed by atoms with van der Waals surface area (Å²) >= 11 is 0. The number of furan rings is 1. The molecule has 1 saturated carbocycles. The first-order valence-corrected chi connectivity index (χ1v) is 6.78. The Labute approximate surface area is 111 Å². The fourth-order valence-corrected chi connectivity index (χ4v) is 2.79. The van der Waals surface area contributed by atoms with E-state index in [1.54, 1.807) is 0 Å². The molecule has 19 heavy (non-hydrogen) atoms. The first kappa shape index (κ1) is 10.8. The van der Waals surface area contributed by atoms with Crippen molar-refractivity contribution in [2.45, 2.75) is 19.3 Å². The molecule has 94 valence electrons. The monoisotopic (exact) mass is 250 g/mol. The Morgan fingerprint density at radius 1 is 1.00 bits per heavy atom. The summed E-state index contributed by atoms with van der Waals surface area (Å²) in [6.07, 6.45) is 3.26. The van der Waals surface area contributed by atoms with E-state index in [1.807, 2.05) is 36.4 Å². The molecular weight excluding hydrogens is 236 g/mol. The molecule has 1 heterocycles. The zero-order chi connectivity index (χ0) is 12.8. The van der Waals surface area contributed by atoms with Crippen molar-refractivity contribution in [1.29, 1.82) is 0 Å². The van der Waals surface area contributed by atoms with Crippen molar-refractivity contribution >= 4 is 27.7 Å². The van der Waals surface area contributed by atoms with Gasteiger partial charge >= 0.3 is 0 Å². The number of carbonyl (C=O) groups excluding carboxylic acids is 1. The standard InChI is InChI=1S/C17H14O2/c18-17(11-4-3-5-11)12-8-9-14-13-6-1-2-7-15(13)19-16(14)10-12/h1-2,6-11H,3-5H2. The predicted molar refractivity (Wildman–Crippen MR) is 75.4 cm³/mol. The molecule has 0 radical (unpaired) electrons. The van der Waals surface area contributed by atoms with Crippen LogP contribution in [0.1, 0.15) is 29.6 Å². The van der Waals surface area contributed by atoms with Gasteiger partial charge in [0.2, 0.25) is 0 Å². The molecule has 2 nitrogen and oxygen atoms in total. The number of ketones is 1. The van der Waals surface area contributed by atoms with Gasteiger partial charge in [-0.3, -0.25) is 4.79 Å². The summed E-state index contributed by atoms with van der Waals surface area (Å²) in [6, 6.07) is 13.8. The van der Waals surface area contributed by atoms with Gasteiger partial charge in [-0.05, 0) is 31.0 Å². The Hall–Kier alpha value is -2.09. The van der Waals surface area contributed by atoms with Gasteiger partial charge in [0.05, 0.1) is 0 Å². The van der Waals surface area contributed by atoms with Crippen LogP contribution in [0.5, 0.6) is 0 Å². The molecule has 0 aliphatic heterocycles. The van der Waals surface area contributed by atoms with E-state index in [1.165, 1.54) is 6.42 Å². The number of rotatable bonds is 2. The van der Waals surface area contributed by atoms with Crippen LogP contribution in [-0.2, 0) is 0 Å². The van der Waals surface area contributed by atoms with Gasteiger partial charge in [0.1, 0.15) is 11.2 Å². The molecule has 0 N–H and O–H groups in total. The van der Waals surface area contributed by atoms with Crippen molar-refractivity contribution < 1.29 is 9.21 Å². The van der Waals surface area contributed by atoms with Crippen molar-refractivity contribution in [2.24, 2.45) is 5.92 Å². The van der Waals surface area contributed by atoms with Crippen molar-refractivity contribution in [3.8, 4) is 0 Å². The second-order valence-corrected chi connectivity index (χ2v) is 5.30. The van der Waals surface area contributed by atoms with Gasteiger partial charge < -0.3 is 4.42 Å². The fourth-order valence-electron chi connectivity index (χ4n) is 2.79. The Kier molecular flexibility index (Phi) is 2.25. The lowest BCUT2D eigenvalue weighted by Crippen LogP contribution is -2.21. The average molecular weight is 250 g/mol. The van der Waals surface area contributed by atoms with Crippen LogP contribution in [0.15, 0.2) is 46.9 Å². The highest BCUT2D eigenvalue weighted by molar-refractivity contribution is 6.08. The summed E-state index contributed by atoms with van der Waals surface area (Å²) in [5.74, 6) is 0.510. The first-order chi connectivity index (χ1) is 9.33. The first-order valence-electron chi connectivity index (χ1n) is 6.78. The summed E-state index contributed by atoms with van der Waals surface area (Å²) < 4.78 is 5.82. The lowest BCUT2D eigenvalue weighted by molar-refractivity contribution is 0.0855. The van der Waals surface area contributed by atoms with Crippen LogP contribution < -0.4 is 0 Å². The van der Waals surface area contributed by atoms with E-state index in [9.17, 15) is 4.79 Å². The largest absolute Gasteiger partial charge is 0.456 e. The molecule has 3 aromatic rings. The second-order valence-electron chi connectivity index (χ2n) is 5.30. The minimum Gasteiger partial charge on any atom is -0.456 e. The molecule has 0 spiro atoms. The highest BCUT2D eigenvalue weighted by Gasteiger charge is 2.26. The van der Waals surface area contributed by atoms with Gasteiger partial charge in [0.25, 0.3) is 0 Å². The zero-order valence-electron chi connectivity index (χ0n) is 10.6. The van der Waals surface area contributed by atoms with Crippen molar-refractivity contribution in [2.75, 3.05) is 0 Å². The molecule has 0 atom stereocenters. The number of hydrogen-bond acceptors (Lipinski definition) is 2. The highest BCUT2D eigenvalue weighted by Crippen LogP contribution is 2.33. The van der Waals surface area contributed by atoms with Gasteiger partial charge in [-0.1, -0.05) is 30.7 Å². The van der Waals surface area contributed by atoms with E-state index in [2.05, 4.69) is 6.07 Å². The zero-order valence-corrected chi connectivity index (χ0v) is 10.6. The van der Waals surface area contributed by atoms with E-state index in [-0.39, 0.29) is 11.7 Å². The third-order valence-corrected chi connectivity index (χ3v) is 4.14. The van der Waals surface area contributed by atoms with E-state index < -0.39 is 0 Å². The average Bonchev–Trinajstić information content (AvgIpc) is 2.74. The van der Waals surface area contributed by atoms with Crippen molar-refractivity contribution in [1.82, 2.24) is 0 Å². The maximum Gasteiger partial charge on any atom is 0.166 e. The molecule has 1 fully saturated rings. The molecule has 1 aromatic heterocycles. The lowest BCUT2D eigenvalue weighted by atomic mass is 9.80. The van der Waals surface area contributed by atoms with Gasteiger partial charge in [0.15, 0.2) is 5.78 Å². The van der Waals surface area contributed by atoms with Crippen LogP contribution in [0.4, 0.5) is 0 Å². The van der Waals surface area contributed by atoms with Crippen molar-refractivity contribution in [3.63, 3.8) is 0 Å². The number of para-hydroxylation sites is 1. The van der Waals surface area contributed by atoms with Crippen LogP contribution in [-0.4, -0.2) is 5.78 Å². The third kappa shape index (κ3) is 1.60. The Balaban J connectivity index is 1.86. The number of fused-ring (bicyclic) bond motifs is 3. The second kappa shape index (κ2) is 3.95. The number of hydrogen-bond donors (Lipinski definition) is 0. The summed E-state index contributed by atoms with van der Waals surface area (Å²) in [5.41, 5.74) is 2.48. The topological polar surface area (TPSA) is 30.2 Å². The highest BCUT2D eigenvalue weighted by atomic mass is 16.3. The molecule has 2 aromatic carbocycles. The van der Waals surface area contributed by atoms with Crippen LogP contribution >= 0.6 is 0 Å². The normalized spacial score (nSPS) is 15.8. The van der Waals surface area contributed by atoms with Crippen LogP contribution in [0.25, 0.3) is 21.9 Å². The molecule has 1 aliphatic rings. The Bertz CT molecular complexity index is 778. The van der Waals surface area contributed by atoms with Crippen LogP contribution in [0.2, 0.25) is 0 Å². The van der Waals surface area contributed by atoms with Gasteiger partial charge in [-0.2, -0.15) is 0 Å². The lowest BCUT2D eigenvalue weighted by Gasteiger charge is -2.23. The SMILES string of the molecule is O=C(c1ccc2c(c1)oc1ccccc12)C1CCC1. The summed E-state index contributed by atoms with van der Waals surface area (Å²) in [4.78, 5) is 12.2. The smallest absolute Gasteiger partial charge is 0.166 e. The number of benzene rings is 2. The third-order valence-electron chi connectivity index (χ3n) is 4.14. The maximum atomic E-state index is 12.2. The summed E-state index contributed by atoms with van der Waals surface area (Å²) in [5, 5.41) is 2.20. The van der Waals surface area contributed by atoms with E-state index in [4.69, 9.17) is 4.42 Å². The fraction of sp³-hybridized carbons (Fsp3) is 0.235. The van der Waals surface area contributed by atoms with Gasteiger partial charge in [0, 0.05) is 22.3 Å². The van der Waals surface area contributed by atoms with E-state index in [0.717, 1.165) is 40.3 Å². The molecule has 0 amide bonds. The van der Waals surface area contributed by atoms with E-state index in [0.29, 0.717) is 0 Å². The number of carbonyl (C=O) groups is 1. The number of Topliss-reactive ketones (excluding diaryl/α,β-unsaturated/α-hetero) is 1. The molecule has 0 unspecified atom stereocenters. The minimum atomic E-state index is 0.238. The molecular formula is C17H14O2. The molecule has 0 bridgehead atoms. The summed E-state index contributed by atoms with van der Waals surface area (Å²) in [6.45, 7) is 0. The van der Waals surface area contributed by atoms with Crippen LogP contribution in [0, 0.1) is 5.92 Å². The van der Waals surface area contributed by atoms with Gasteiger partial charge in [-0.15, -0.1) is 0 Å². The molecule has 1 aliphatic carbocycles. The van der Waals surface area contributed by atoms with E-state index >= 15 is 0 Å².